The Morgan fingerprint density at radius 3 is 2.57 bits per heavy atom. The molecule has 1 N–H and O–H groups in total. The summed E-state index contributed by atoms with van der Waals surface area (Å²) in [5, 5.41) is 9.00. The Bertz CT molecular complexity index is 455. The van der Waals surface area contributed by atoms with Gasteiger partial charge in [-0.15, -0.1) is 0 Å². The number of nitro groups is 1. The fourth-order valence-corrected chi connectivity index (χ4v) is 1.32. The molecule has 0 aliphatic carbocycles. The summed E-state index contributed by atoms with van der Waals surface area (Å²) in [5.41, 5.74) is 2.73. The molecular weight excluding hydrogens is 212 g/mol. The van der Waals surface area contributed by atoms with Crippen LogP contribution in [0.1, 0.15) is 0 Å². The van der Waals surface area contributed by atoms with E-state index in [-0.39, 0.29) is 5.69 Å². The summed E-state index contributed by atoms with van der Waals surface area (Å²) in [4.78, 5) is 9.53. The van der Waals surface area contributed by atoms with Crippen molar-refractivity contribution in [3.8, 4) is 0 Å². The second-order valence-electron chi connectivity index (χ2n) is 2.31. The van der Waals surface area contributed by atoms with Crippen molar-refractivity contribution >= 4 is 15.8 Å². The third kappa shape index (κ3) is 2.68. The van der Waals surface area contributed by atoms with Crippen molar-refractivity contribution in [3.05, 3.63) is 39.8 Å². The first-order valence-electron chi connectivity index (χ1n) is 3.33. The van der Waals surface area contributed by atoms with Crippen molar-refractivity contribution in [2.45, 2.75) is 4.90 Å². The largest absolute Gasteiger partial charge is 0.349 e. The van der Waals surface area contributed by atoms with Crippen LogP contribution in [0.3, 0.4) is 0 Å². The van der Waals surface area contributed by atoms with E-state index in [0.29, 0.717) is 0 Å². The highest BCUT2D eigenvalue weighted by Gasteiger charge is 2.07. The van der Waals surface area contributed by atoms with E-state index in [1.807, 2.05) is 0 Å². The number of hydrogen-bond donors (Lipinski definition) is 1. The van der Waals surface area contributed by atoms with Gasteiger partial charge in [-0.2, -0.15) is 8.42 Å². The molecule has 0 saturated carbocycles. The predicted molar refractivity (Wildman–Crippen MR) is 46.3 cm³/mol. The van der Waals surface area contributed by atoms with Gasteiger partial charge in [0.15, 0.2) is 0 Å². The maximum atomic E-state index is 10.6. The summed E-state index contributed by atoms with van der Waals surface area (Å²) < 4.78 is 29.8. The van der Waals surface area contributed by atoms with Gasteiger partial charge in [0, 0.05) is 0 Å². The van der Waals surface area contributed by atoms with Crippen LogP contribution in [0.15, 0.2) is 29.2 Å². The van der Waals surface area contributed by atoms with Gasteiger partial charge in [0.1, 0.15) is 0 Å². The number of hydrogen-bond acceptors (Lipinski definition) is 4. The molecule has 0 aliphatic rings. The minimum absolute atomic E-state index is 0.148. The van der Waals surface area contributed by atoms with Gasteiger partial charge < -0.3 is 5.43 Å². The molecule has 76 valence electrons. The molecule has 0 fully saturated rings. The fourth-order valence-electron chi connectivity index (χ4n) is 0.800. The highest BCUT2D eigenvalue weighted by Crippen LogP contribution is 2.21. The molecule has 0 radical (unpaired) electrons. The quantitative estimate of drug-likeness (QED) is 0.463. The van der Waals surface area contributed by atoms with Crippen LogP contribution in [-0.2, 0) is 10.1 Å². The van der Waals surface area contributed by atoms with Crippen molar-refractivity contribution in [1.82, 2.24) is 0 Å². The van der Waals surface area contributed by atoms with Crippen LogP contribution < -0.4 is 0 Å². The van der Waals surface area contributed by atoms with Gasteiger partial charge in [-0.1, -0.05) is 23.9 Å². The van der Waals surface area contributed by atoms with E-state index in [1.165, 1.54) is 12.1 Å². The lowest BCUT2D eigenvalue weighted by atomic mass is 10.3. The standard InChI is InChI=1S/C6H5N2O5S/c9-8(10)7-5-2-1-3-6(4-5)14(11,12)13/h1-4H,(H,11,12,13)/q-1. The maximum Gasteiger partial charge on any atom is 0.294 e. The summed E-state index contributed by atoms with van der Waals surface area (Å²) in [6, 6.07) is 4.50. The first-order valence-corrected chi connectivity index (χ1v) is 4.77. The second-order valence-corrected chi connectivity index (χ2v) is 3.73. The molecule has 1 aromatic rings. The van der Waals surface area contributed by atoms with Crippen molar-refractivity contribution in [2.75, 3.05) is 0 Å². The molecular formula is C6H5N2O5S-. The van der Waals surface area contributed by atoms with Crippen LogP contribution in [0, 0.1) is 10.1 Å². The number of rotatable bonds is 3. The smallest absolute Gasteiger partial charge is 0.294 e. The Balaban J connectivity index is 3.08. The molecule has 1 rings (SSSR count). The highest BCUT2D eigenvalue weighted by atomic mass is 32.2. The van der Waals surface area contributed by atoms with E-state index < -0.39 is 20.0 Å². The van der Waals surface area contributed by atoms with Gasteiger partial charge in [-0.05, 0) is 11.1 Å². The Kier molecular flexibility index (Phi) is 2.68. The van der Waals surface area contributed by atoms with Crippen LogP contribution >= 0.6 is 0 Å². The molecule has 7 nitrogen and oxygen atoms in total. The fraction of sp³-hybridized carbons (Fsp3) is 0. The van der Waals surface area contributed by atoms with Crippen LogP contribution in [0.4, 0.5) is 5.69 Å². The van der Waals surface area contributed by atoms with E-state index in [2.05, 4.69) is 5.43 Å². The molecule has 8 heteroatoms. The SMILES string of the molecule is O=[N+]([O-])[N-]c1cccc(S(=O)(=O)O)c1. The van der Waals surface area contributed by atoms with Crippen molar-refractivity contribution < 1.29 is 18.0 Å². The minimum atomic E-state index is -4.34. The van der Waals surface area contributed by atoms with Crippen LogP contribution in [0.25, 0.3) is 5.43 Å². The molecule has 0 heterocycles. The molecule has 1 aromatic carbocycles. The van der Waals surface area contributed by atoms with E-state index in [4.69, 9.17) is 4.55 Å². The summed E-state index contributed by atoms with van der Waals surface area (Å²) in [6.45, 7) is 0. The lowest BCUT2D eigenvalue weighted by molar-refractivity contribution is -0.418. The van der Waals surface area contributed by atoms with E-state index in [1.54, 1.807) is 0 Å². The Labute approximate surface area is 79.2 Å². The van der Waals surface area contributed by atoms with Gasteiger partial charge in [0.05, 0.1) is 4.90 Å². The van der Waals surface area contributed by atoms with Gasteiger partial charge in [0.2, 0.25) is 0 Å². The van der Waals surface area contributed by atoms with Crippen molar-refractivity contribution in [3.63, 3.8) is 0 Å². The van der Waals surface area contributed by atoms with Gasteiger partial charge in [-0.3, -0.25) is 14.7 Å². The third-order valence-electron chi connectivity index (χ3n) is 1.31. The summed E-state index contributed by atoms with van der Waals surface area (Å²) in [6.07, 6.45) is 0. The number of nitrogens with zero attached hydrogens (tertiary/aromatic N) is 2. The van der Waals surface area contributed by atoms with Gasteiger partial charge in [0.25, 0.3) is 10.1 Å². The van der Waals surface area contributed by atoms with Crippen LogP contribution in [0.2, 0.25) is 0 Å². The zero-order valence-corrected chi connectivity index (χ0v) is 7.51. The Hall–Kier alpha value is -1.67. The lowest BCUT2D eigenvalue weighted by Crippen LogP contribution is -1.97. The zero-order chi connectivity index (χ0) is 10.8. The van der Waals surface area contributed by atoms with Crippen molar-refractivity contribution in [1.29, 1.82) is 0 Å². The van der Waals surface area contributed by atoms with Crippen LogP contribution in [0.5, 0.6) is 0 Å². The van der Waals surface area contributed by atoms with E-state index in [9.17, 15) is 18.5 Å². The molecule has 0 spiro atoms. The molecule has 0 aliphatic heterocycles. The Morgan fingerprint density at radius 1 is 1.43 bits per heavy atom. The average molecular weight is 217 g/mol. The molecule has 0 amide bonds. The predicted octanol–water partition coefficient (Wildman–Crippen LogP) is 1.13. The second kappa shape index (κ2) is 3.60. The lowest BCUT2D eigenvalue weighted by Gasteiger charge is -2.09. The maximum absolute atomic E-state index is 10.6. The average Bonchev–Trinajstić information content (AvgIpc) is 2.01. The van der Waals surface area contributed by atoms with Gasteiger partial charge in [-0.25, -0.2) is 0 Å². The molecule has 0 bridgehead atoms. The molecule has 0 unspecified atom stereocenters. The monoisotopic (exact) mass is 217 g/mol. The molecule has 0 aromatic heterocycles. The summed E-state index contributed by atoms with van der Waals surface area (Å²) >= 11 is 0. The third-order valence-corrected chi connectivity index (χ3v) is 2.16. The summed E-state index contributed by atoms with van der Waals surface area (Å²) in [5.74, 6) is 0. The summed E-state index contributed by atoms with van der Waals surface area (Å²) in [7, 11) is -4.34. The van der Waals surface area contributed by atoms with Crippen molar-refractivity contribution in [2.24, 2.45) is 0 Å². The Morgan fingerprint density at radius 2 is 2.07 bits per heavy atom. The first kappa shape index (κ1) is 10.4. The number of benzene rings is 1. The van der Waals surface area contributed by atoms with E-state index >= 15 is 0 Å². The van der Waals surface area contributed by atoms with Gasteiger partial charge >= 0.3 is 0 Å². The van der Waals surface area contributed by atoms with Crippen LogP contribution in [-0.4, -0.2) is 18.0 Å². The van der Waals surface area contributed by atoms with E-state index in [0.717, 1.165) is 12.1 Å². The minimum Gasteiger partial charge on any atom is -0.349 e. The first-order chi connectivity index (χ1) is 6.39. The molecule has 0 saturated heterocycles. The normalized spacial score (nSPS) is 10.9. The molecule has 0 atom stereocenters. The zero-order valence-electron chi connectivity index (χ0n) is 6.69. The molecule has 14 heavy (non-hydrogen) atoms. The topological polar surface area (TPSA) is 112 Å². The highest BCUT2D eigenvalue weighted by molar-refractivity contribution is 7.85.